The van der Waals surface area contributed by atoms with E-state index in [0.29, 0.717) is 0 Å². The highest BCUT2D eigenvalue weighted by Crippen LogP contribution is 2.25. The molecule has 24 heavy (non-hydrogen) atoms. The number of rotatable bonds is 6. The second kappa shape index (κ2) is 7.79. The van der Waals surface area contributed by atoms with Gasteiger partial charge in [-0.25, -0.2) is 4.72 Å². The normalized spacial score (nSPS) is 11.5. The standard InChI is InChI=1S/C17H19ClN2O3S/c1-3-20(4-2)24(22,23)19-17(21)15-12-14(10-11-16(15)18)13-8-6-5-7-9-13/h5-12H,3-4H2,1-2H3,(H,19,21). The second-order valence-corrected chi connectivity index (χ2v) is 7.16. The SMILES string of the molecule is CCN(CC)S(=O)(=O)NC(=O)c1cc(-c2ccccc2)ccc1Cl. The molecule has 0 spiro atoms. The third-order valence-corrected chi connectivity index (χ3v) is 5.55. The fourth-order valence-electron chi connectivity index (χ4n) is 2.31. The van der Waals surface area contributed by atoms with Gasteiger partial charge in [0.1, 0.15) is 0 Å². The molecule has 2 aromatic rings. The van der Waals surface area contributed by atoms with Gasteiger partial charge in [0.15, 0.2) is 0 Å². The lowest BCUT2D eigenvalue weighted by molar-refractivity contribution is 0.0979. The van der Waals surface area contributed by atoms with Gasteiger partial charge >= 0.3 is 10.2 Å². The topological polar surface area (TPSA) is 66.5 Å². The van der Waals surface area contributed by atoms with Crippen molar-refractivity contribution in [3.8, 4) is 11.1 Å². The van der Waals surface area contributed by atoms with Gasteiger partial charge in [-0.15, -0.1) is 0 Å². The third kappa shape index (κ3) is 4.14. The van der Waals surface area contributed by atoms with E-state index in [2.05, 4.69) is 4.72 Å². The molecule has 2 rings (SSSR count). The molecule has 1 N–H and O–H groups in total. The van der Waals surface area contributed by atoms with Crippen molar-refractivity contribution < 1.29 is 13.2 Å². The van der Waals surface area contributed by atoms with Crippen LogP contribution in [0.4, 0.5) is 0 Å². The molecule has 0 bridgehead atoms. The van der Waals surface area contributed by atoms with E-state index in [-0.39, 0.29) is 23.7 Å². The Hall–Kier alpha value is -1.89. The first kappa shape index (κ1) is 18.4. The van der Waals surface area contributed by atoms with Gasteiger partial charge in [-0.1, -0.05) is 61.8 Å². The van der Waals surface area contributed by atoms with E-state index >= 15 is 0 Å². The van der Waals surface area contributed by atoms with E-state index in [4.69, 9.17) is 11.6 Å². The van der Waals surface area contributed by atoms with Crippen molar-refractivity contribution in [1.29, 1.82) is 0 Å². The zero-order valence-corrected chi connectivity index (χ0v) is 15.1. The molecule has 0 radical (unpaired) electrons. The van der Waals surface area contributed by atoms with Crippen LogP contribution in [0.2, 0.25) is 5.02 Å². The number of carbonyl (C=O) groups is 1. The molecule has 0 saturated carbocycles. The Labute approximate surface area is 147 Å². The minimum atomic E-state index is -3.89. The summed E-state index contributed by atoms with van der Waals surface area (Å²) in [5, 5.41) is 0.196. The Balaban J connectivity index is 2.33. The monoisotopic (exact) mass is 366 g/mol. The summed E-state index contributed by atoms with van der Waals surface area (Å²) in [7, 11) is -3.89. The van der Waals surface area contributed by atoms with Crippen molar-refractivity contribution in [2.75, 3.05) is 13.1 Å². The number of hydrogen-bond acceptors (Lipinski definition) is 3. The van der Waals surface area contributed by atoms with Crippen molar-refractivity contribution >= 4 is 27.7 Å². The van der Waals surface area contributed by atoms with Crippen LogP contribution in [-0.4, -0.2) is 31.7 Å². The lowest BCUT2D eigenvalue weighted by Crippen LogP contribution is -2.43. The van der Waals surface area contributed by atoms with E-state index in [1.807, 2.05) is 30.3 Å². The van der Waals surface area contributed by atoms with Crippen molar-refractivity contribution in [1.82, 2.24) is 9.03 Å². The lowest BCUT2D eigenvalue weighted by Gasteiger charge is -2.19. The summed E-state index contributed by atoms with van der Waals surface area (Å²) in [5.41, 5.74) is 1.81. The maximum Gasteiger partial charge on any atom is 0.304 e. The molecule has 0 unspecified atom stereocenters. The Morgan fingerprint density at radius 2 is 1.67 bits per heavy atom. The van der Waals surface area contributed by atoms with Gasteiger partial charge in [-0.3, -0.25) is 4.79 Å². The highest BCUT2D eigenvalue weighted by Gasteiger charge is 2.23. The van der Waals surface area contributed by atoms with Crippen LogP contribution in [0.1, 0.15) is 24.2 Å². The quantitative estimate of drug-likeness (QED) is 0.852. The van der Waals surface area contributed by atoms with E-state index in [0.717, 1.165) is 11.1 Å². The highest BCUT2D eigenvalue weighted by atomic mass is 35.5. The Kier molecular flexibility index (Phi) is 5.99. The number of amides is 1. The smallest absolute Gasteiger partial charge is 0.268 e. The predicted molar refractivity (Wildman–Crippen MR) is 96.2 cm³/mol. The third-order valence-electron chi connectivity index (χ3n) is 3.59. The molecule has 0 aromatic heterocycles. The number of nitrogens with zero attached hydrogens (tertiary/aromatic N) is 1. The van der Waals surface area contributed by atoms with E-state index in [1.54, 1.807) is 32.0 Å². The van der Waals surface area contributed by atoms with Crippen LogP contribution in [0.5, 0.6) is 0 Å². The van der Waals surface area contributed by atoms with Crippen molar-refractivity contribution in [3.63, 3.8) is 0 Å². The van der Waals surface area contributed by atoms with Crippen LogP contribution >= 0.6 is 11.6 Å². The second-order valence-electron chi connectivity index (χ2n) is 5.08. The van der Waals surface area contributed by atoms with Gasteiger partial charge in [0.2, 0.25) is 0 Å². The van der Waals surface area contributed by atoms with Crippen molar-refractivity contribution in [3.05, 3.63) is 59.1 Å². The Morgan fingerprint density at radius 1 is 1.04 bits per heavy atom. The Morgan fingerprint density at radius 3 is 2.25 bits per heavy atom. The first-order valence-electron chi connectivity index (χ1n) is 7.56. The van der Waals surface area contributed by atoms with Crippen LogP contribution < -0.4 is 4.72 Å². The number of halogens is 1. The molecule has 0 atom stereocenters. The average molecular weight is 367 g/mol. The van der Waals surface area contributed by atoms with E-state index in [9.17, 15) is 13.2 Å². The van der Waals surface area contributed by atoms with Gasteiger partial charge < -0.3 is 0 Å². The summed E-state index contributed by atoms with van der Waals surface area (Å²) in [5.74, 6) is -0.746. The van der Waals surface area contributed by atoms with Gasteiger partial charge in [0.05, 0.1) is 10.6 Å². The number of carbonyl (C=O) groups excluding carboxylic acids is 1. The summed E-state index contributed by atoms with van der Waals surface area (Å²) >= 11 is 6.09. The largest absolute Gasteiger partial charge is 0.304 e. The number of benzene rings is 2. The minimum Gasteiger partial charge on any atom is -0.268 e. The zero-order valence-electron chi connectivity index (χ0n) is 13.5. The van der Waals surface area contributed by atoms with Crippen LogP contribution in [0.3, 0.4) is 0 Å². The molecule has 0 saturated heterocycles. The molecule has 0 heterocycles. The van der Waals surface area contributed by atoms with Crippen molar-refractivity contribution in [2.45, 2.75) is 13.8 Å². The van der Waals surface area contributed by atoms with Crippen LogP contribution in [0.25, 0.3) is 11.1 Å². The fourth-order valence-corrected chi connectivity index (χ4v) is 3.67. The minimum absolute atomic E-state index is 0.119. The van der Waals surface area contributed by atoms with Crippen LogP contribution in [0, 0.1) is 0 Å². The zero-order chi connectivity index (χ0) is 17.7. The van der Waals surface area contributed by atoms with Crippen LogP contribution in [-0.2, 0) is 10.2 Å². The molecule has 0 aliphatic heterocycles. The maximum absolute atomic E-state index is 12.4. The number of nitrogens with one attached hydrogen (secondary N) is 1. The molecule has 5 nitrogen and oxygen atoms in total. The molecular formula is C17H19ClN2O3S. The van der Waals surface area contributed by atoms with E-state index in [1.165, 1.54) is 4.31 Å². The summed E-state index contributed by atoms with van der Waals surface area (Å²) in [4.78, 5) is 12.4. The van der Waals surface area contributed by atoms with Crippen molar-refractivity contribution in [2.24, 2.45) is 0 Å². The maximum atomic E-state index is 12.4. The molecule has 7 heteroatoms. The summed E-state index contributed by atoms with van der Waals surface area (Å²) in [6.07, 6.45) is 0. The first-order chi connectivity index (χ1) is 11.4. The summed E-state index contributed by atoms with van der Waals surface area (Å²) in [6.45, 7) is 3.96. The van der Waals surface area contributed by atoms with Gasteiger partial charge in [0.25, 0.3) is 5.91 Å². The predicted octanol–water partition coefficient (Wildman–Crippen LogP) is 3.32. The van der Waals surface area contributed by atoms with Gasteiger partial charge in [0, 0.05) is 13.1 Å². The average Bonchev–Trinajstić information content (AvgIpc) is 2.56. The molecule has 1 amide bonds. The first-order valence-corrected chi connectivity index (χ1v) is 9.38. The summed E-state index contributed by atoms with van der Waals surface area (Å²) < 4.78 is 27.6. The molecule has 0 aliphatic carbocycles. The molecule has 128 valence electrons. The molecule has 2 aromatic carbocycles. The highest BCUT2D eigenvalue weighted by molar-refractivity contribution is 7.87. The Bertz CT molecular complexity index is 819. The van der Waals surface area contributed by atoms with Crippen LogP contribution in [0.15, 0.2) is 48.5 Å². The summed E-state index contributed by atoms with van der Waals surface area (Å²) in [6, 6.07) is 14.4. The molecular weight excluding hydrogens is 348 g/mol. The number of hydrogen-bond donors (Lipinski definition) is 1. The molecule has 0 aliphatic rings. The van der Waals surface area contributed by atoms with Gasteiger partial charge in [-0.05, 0) is 23.3 Å². The lowest BCUT2D eigenvalue weighted by atomic mass is 10.0. The fraction of sp³-hybridized carbons (Fsp3) is 0.235. The molecule has 0 fully saturated rings. The van der Waals surface area contributed by atoms with Gasteiger partial charge in [-0.2, -0.15) is 12.7 Å². The van der Waals surface area contributed by atoms with E-state index < -0.39 is 16.1 Å².